The number of carbonyl (C=O) groups excluding carboxylic acids is 2. The molecule has 67 heavy (non-hydrogen) atoms. The second kappa shape index (κ2) is 27.3. The number of nitrogens with zero attached hydrogens (tertiary/aromatic N) is 2. The first-order chi connectivity index (χ1) is 32.9. The van der Waals surface area contributed by atoms with Gasteiger partial charge in [-0.2, -0.15) is 0 Å². The molecular formula is C57H77N7O3. The SMILES string of the molecule is NCCCCCCCN(CCCCCCCN)C(=O)c1cc(CCC(=O)NO)c(CCC(N)(c2ccccc2)c2ccccc2)n1Cc1ccccc1CCCCCc1c[nH]c2ccccc12. The molecule has 0 atom stereocenters. The number of carbonyl (C=O) groups is 2. The largest absolute Gasteiger partial charge is 0.361 e. The van der Waals surface area contributed by atoms with Crippen molar-refractivity contribution in [3.8, 4) is 0 Å². The molecule has 2 amide bonds. The molecule has 0 aliphatic rings. The number of benzene rings is 4. The van der Waals surface area contributed by atoms with Gasteiger partial charge in [-0.3, -0.25) is 14.8 Å². The molecule has 0 saturated carbocycles. The minimum atomic E-state index is -0.827. The van der Waals surface area contributed by atoms with Gasteiger partial charge in [0, 0.05) is 48.8 Å². The molecule has 2 aromatic heterocycles. The number of hydrogen-bond acceptors (Lipinski definition) is 6. The summed E-state index contributed by atoms with van der Waals surface area (Å²) in [5.74, 6) is -0.447. The maximum Gasteiger partial charge on any atom is 0.270 e. The molecule has 0 saturated heterocycles. The fourth-order valence-corrected chi connectivity index (χ4v) is 9.76. The highest BCUT2D eigenvalue weighted by Gasteiger charge is 2.32. The van der Waals surface area contributed by atoms with Gasteiger partial charge in [-0.05, 0) is 129 Å². The number of hydrogen-bond donors (Lipinski definition) is 6. The van der Waals surface area contributed by atoms with Crippen LogP contribution in [0.4, 0.5) is 0 Å². The number of fused-ring (bicyclic) bond motifs is 1. The van der Waals surface area contributed by atoms with Gasteiger partial charge in [0.15, 0.2) is 0 Å². The molecule has 4 aromatic carbocycles. The number of aromatic amines is 1. The Morgan fingerprint density at radius 1 is 0.597 bits per heavy atom. The maximum atomic E-state index is 15.3. The number of amides is 2. The van der Waals surface area contributed by atoms with Crippen molar-refractivity contribution in [2.24, 2.45) is 17.2 Å². The summed E-state index contributed by atoms with van der Waals surface area (Å²) >= 11 is 0. The van der Waals surface area contributed by atoms with Crippen LogP contribution in [0.15, 0.2) is 121 Å². The zero-order valence-corrected chi connectivity index (χ0v) is 39.9. The summed E-state index contributed by atoms with van der Waals surface area (Å²) in [7, 11) is 0. The number of unbranched alkanes of at least 4 members (excludes halogenated alkanes) is 10. The first-order valence-corrected chi connectivity index (χ1v) is 25.2. The molecule has 10 heteroatoms. The molecule has 0 unspecified atom stereocenters. The van der Waals surface area contributed by atoms with E-state index < -0.39 is 11.4 Å². The van der Waals surface area contributed by atoms with Gasteiger partial charge in [-0.15, -0.1) is 0 Å². The molecule has 0 fully saturated rings. The Morgan fingerprint density at radius 3 is 1.76 bits per heavy atom. The summed E-state index contributed by atoms with van der Waals surface area (Å²) < 4.78 is 2.25. The summed E-state index contributed by atoms with van der Waals surface area (Å²) in [6.45, 7) is 3.27. The van der Waals surface area contributed by atoms with Crippen molar-refractivity contribution in [2.75, 3.05) is 26.2 Å². The number of hydroxylamine groups is 1. The number of H-pyrrole nitrogens is 1. The van der Waals surface area contributed by atoms with Gasteiger partial charge < -0.3 is 31.7 Å². The van der Waals surface area contributed by atoms with E-state index in [1.807, 2.05) is 47.9 Å². The lowest BCUT2D eigenvalue weighted by atomic mass is 9.79. The molecule has 2 heterocycles. The number of aryl methyl sites for hydroxylation is 3. The van der Waals surface area contributed by atoms with E-state index in [0.29, 0.717) is 57.7 Å². The van der Waals surface area contributed by atoms with Gasteiger partial charge in [-0.1, -0.05) is 148 Å². The summed E-state index contributed by atoms with van der Waals surface area (Å²) in [5.41, 5.74) is 29.8. The van der Waals surface area contributed by atoms with Crippen molar-refractivity contribution in [1.29, 1.82) is 0 Å². The number of nitrogens with one attached hydrogen (secondary N) is 2. The van der Waals surface area contributed by atoms with Crippen LogP contribution < -0.4 is 22.7 Å². The molecular weight excluding hydrogens is 831 g/mol. The Kier molecular flexibility index (Phi) is 20.8. The van der Waals surface area contributed by atoms with Crippen LogP contribution in [0.3, 0.4) is 0 Å². The first-order valence-electron chi connectivity index (χ1n) is 25.2. The third-order valence-electron chi connectivity index (χ3n) is 13.7. The van der Waals surface area contributed by atoms with E-state index in [2.05, 4.69) is 93.4 Å². The van der Waals surface area contributed by atoms with Crippen molar-refractivity contribution < 1.29 is 14.8 Å². The highest BCUT2D eigenvalue weighted by molar-refractivity contribution is 5.93. The van der Waals surface area contributed by atoms with E-state index in [1.165, 1.54) is 27.6 Å². The smallest absolute Gasteiger partial charge is 0.270 e. The molecule has 0 spiro atoms. The lowest BCUT2D eigenvalue weighted by Gasteiger charge is -2.31. The lowest BCUT2D eigenvalue weighted by molar-refractivity contribution is -0.129. The average molecular weight is 908 g/mol. The van der Waals surface area contributed by atoms with Gasteiger partial charge in [0.25, 0.3) is 5.91 Å². The van der Waals surface area contributed by atoms with Crippen LogP contribution in [0.1, 0.15) is 146 Å². The molecule has 0 radical (unpaired) electrons. The van der Waals surface area contributed by atoms with Crippen molar-refractivity contribution in [1.82, 2.24) is 19.9 Å². The maximum absolute atomic E-state index is 15.3. The van der Waals surface area contributed by atoms with Crippen LogP contribution in [-0.2, 0) is 42.6 Å². The average Bonchev–Trinajstić information content (AvgIpc) is 3.94. The Balaban J connectivity index is 1.34. The monoisotopic (exact) mass is 908 g/mol. The van der Waals surface area contributed by atoms with Gasteiger partial charge in [0.2, 0.25) is 5.91 Å². The Morgan fingerprint density at radius 2 is 1.13 bits per heavy atom. The molecule has 10 nitrogen and oxygen atoms in total. The minimum absolute atomic E-state index is 0.0166. The van der Waals surface area contributed by atoms with E-state index in [0.717, 1.165) is 119 Å². The van der Waals surface area contributed by atoms with Gasteiger partial charge in [0.1, 0.15) is 5.69 Å². The summed E-state index contributed by atoms with van der Waals surface area (Å²) in [6.07, 6.45) is 19.3. The van der Waals surface area contributed by atoms with Crippen LogP contribution in [0.2, 0.25) is 0 Å². The molecule has 358 valence electrons. The van der Waals surface area contributed by atoms with E-state index >= 15 is 4.79 Å². The van der Waals surface area contributed by atoms with Gasteiger partial charge in [-0.25, -0.2) is 5.48 Å². The quantitative estimate of drug-likeness (QED) is 0.0144. The van der Waals surface area contributed by atoms with Crippen molar-refractivity contribution in [3.63, 3.8) is 0 Å². The van der Waals surface area contributed by atoms with Crippen molar-refractivity contribution in [3.05, 3.63) is 166 Å². The fourth-order valence-electron chi connectivity index (χ4n) is 9.76. The first kappa shape index (κ1) is 50.9. The van der Waals surface area contributed by atoms with Crippen molar-refractivity contribution >= 4 is 22.7 Å². The topological polar surface area (TPSA) is 168 Å². The fraction of sp³-hybridized carbons (Fsp3) is 0.439. The Hall–Kier alpha value is -5.52. The molecule has 0 aliphatic carbocycles. The van der Waals surface area contributed by atoms with E-state index in [9.17, 15) is 10.0 Å². The van der Waals surface area contributed by atoms with Crippen molar-refractivity contribution in [2.45, 2.75) is 134 Å². The number of para-hydroxylation sites is 1. The molecule has 6 aromatic rings. The second-order valence-corrected chi connectivity index (χ2v) is 18.4. The standard InChI is InChI=1S/C57H77N7O3/c58-38-20-3-1-5-22-40-63(41-23-6-2-4-21-39-59)56(66)54-42-46(34-35-55(65)62-67)53(36-37-57(60,49-28-12-8-13-29-49)50-30-14-9-15-31-50)64(54)44-48-27-17-16-25-45(48)24-10-7-11-26-47-43-61-52-33-19-18-32-51(47)52/h8-9,12-19,25,27-33,42-43,61,67H,1-7,10-11,20-24,26,34-41,44,58-60H2,(H,62,65). The van der Waals surface area contributed by atoms with Gasteiger partial charge in [0.05, 0.1) is 5.54 Å². The zero-order valence-electron chi connectivity index (χ0n) is 39.9. The minimum Gasteiger partial charge on any atom is -0.361 e. The zero-order chi connectivity index (χ0) is 47.1. The van der Waals surface area contributed by atoms with Crippen LogP contribution in [-0.4, -0.2) is 57.7 Å². The van der Waals surface area contributed by atoms with Crippen LogP contribution in [0.25, 0.3) is 10.9 Å². The number of rotatable bonds is 31. The van der Waals surface area contributed by atoms with Gasteiger partial charge >= 0.3 is 0 Å². The summed E-state index contributed by atoms with van der Waals surface area (Å²) in [5, 5.41) is 10.9. The van der Waals surface area contributed by atoms with Crippen LogP contribution >= 0.6 is 0 Å². The highest BCUT2D eigenvalue weighted by Crippen LogP contribution is 2.34. The summed E-state index contributed by atoms with van der Waals surface area (Å²) in [4.78, 5) is 33.5. The van der Waals surface area contributed by atoms with E-state index in [-0.39, 0.29) is 12.3 Å². The third-order valence-corrected chi connectivity index (χ3v) is 13.7. The predicted molar refractivity (Wildman–Crippen MR) is 274 cm³/mol. The highest BCUT2D eigenvalue weighted by atomic mass is 16.5. The second-order valence-electron chi connectivity index (χ2n) is 18.4. The normalized spacial score (nSPS) is 11.6. The number of nitrogens with two attached hydrogens (primary N) is 3. The summed E-state index contributed by atoms with van der Waals surface area (Å²) in [6, 6.07) is 39.7. The lowest BCUT2D eigenvalue weighted by Crippen LogP contribution is -2.39. The van der Waals surface area contributed by atoms with E-state index in [4.69, 9.17) is 17.2 Å². The molecule has 0 bridgehead atoms. The molecule has 6 rings (SSSR count). The number of aromatic nitrogens is 2. The predicted octanol–water partition coefficient (Wildman–Crippen LogP) is 10.5. The van der Waals surface area contributed by atoms with Crippen LogP contribution in [0, 0.1) is 0 Å². The Labute approximate surface area is 399 Å². The Bertz CT molecular complexity index is 2320. The molecule has 0 aliphatic heterocycles. The third kappa shape index (κ3) is 14.7. The van der Waals surface area contributed by atoms with E-state index in [1.54, 1.807) is 0 Å². The molecule has 9 N–H and O–H groups in total. The van der Waals surface area contributed by atoms with Crippen LogP contribution in [0.5, 0.6) is 0 Å².